The first-order valence-corrected chi connectivity index (χ1v) is 7.80. The van der Waals surface area contributed by atoms with Crippen LogP contribution >= 0.6 is 0 Å². The Morgan fingerprint density at radius 1 is 1.17 bits per heavy atom. The second-order valence-corrected chi connectivity index (χ2v) is 5.45. The molecule has 1 amide bonds. The Balaban J connectivity index is 1.78. The van der Waals surface area contributed by atoms with E-state index in [2.05, 4.69) is 10.3 Å². The van der Waals surface area contributed by atoms with Crippen molar-refractivity contribution in [2.45, 2.75) is 20.0 Å². The van der Waals surface area contributed by atoms with Gasteiger partial charge in [-0.3, -0.25) is 9.78 Å². The molecule has 0 aliphatic rings. The molecule has 3 aromatic rings. The maximum Gasteiger partial charge on any atom is 0.268 e. The van der Waals surface area contributed by atoms with Crippen molar-refractivity contribution in [2.75, 3.05) is 0 Å². The third kappa shape index (κ3) is 3.51. The fourth-order valence-corrected chi connectivity index (χ4v) is 2.58. The highest BCUT2D eigenvalue weighted by Gasteiger charge is 2.13. The third-order valence-corrected chi connectivity index (χ3v) is 3.83. The van der Waals surface area contributed by atoms with Crippen molar-refractivity contribution in [1.82, 2.24) is 14.9 Å². The topological polar surface area (TPSA) is 46.9 Å². The molecule has 0 fully saturated rings. The SMILES string of the molecule is CCn1cc(-c2ccncc2)cc1C(=O)NCc1cccc(F)c1. The van der Waals surface area contributed by atoms with Crippen molar-refractivity contribution in [3.05, 3.63) is 78.1 Å². The summed E-state index contributed by atoms with van der Waals surface area (Å²) in [4.78, 5) is 16.5. The van der Waals surface area contributed by atoms with Crippen LogP contribution in [-0.4, -0.2) is 15.5 Å². The zero-order valence-corrected chi connectivity index (χ0v) is 13.4. The van der Waals surface area contributed by atoms with E-state index < -0.39 is 0 Å². The van der Waals surface area contributed by atoms with Gasteiger partial charge in [-0.1, -0.05) is 12.1 Å². The lowest BCUT2D eigenvalue weighted by atomic mass is 10.1. The largest absolute Gasteiger partial charge is 0.347 e. The number of aryl methyl sites for hydroxylation is 1. The number of halogens is 1. The Morgan fingerprint density at radius 2 is 1.96 bits per heavy atom. The standard InChI is InChI=1S/C19H18FN3O/c1-2-23-13-16(15-6-8-21-9-7-15)11-18(23)19(24)22-12-14-4-3-5-17(20)10-14/h3-11,13H,2,12H2,1H3,(H,22,24). The minimum Gasteiger partial charge on any atom is -0.347 e. The van der Waals surface area contributed by atoms with E-state index in [0.29, 0.717) is 12.2 Å². The predicted molar refractivity (Wildman–Crippen MR) is 90.9 cm³/mol. The first kappa shape index (κ1) is 15.9. The number of hydrogen-bond acceptors (Lipinski definition) is 2. The van der Waals surface area contributed by atoms with Gasteiger partial charge in [-0.15, -0.1) is 0 Å². The van der Waals surface area contributed by atoms with Gasteiger partial charge in [0.25, 0.3) is 5.91 Å². The molecule has 122 valence electrons. The lowest BCUT2D eigenvalue weighted by Gasteiger charge is -2.07. The van der Waals surface area contributed by atoms with Crippen molar-refractivity contribution < 1.29 is 9.18 Å². The summed E-state index contributed by atoms with van der Waals surface area (Å²) in [5.41, 5.74) is 3.29. The number of aromatic nitrogens is 2. The number of nitrogens with zero attached hydrogens (tertiary/aromatic N) is 2. The van der Waals surface area contributed by atoms with Crippen LogP contribution in [0.25, 0.3) is 11.1 Å². The highest BCUT2D eigenvalue weighted by Crippen LogP contribution is 2.21. The summed E-state index contributed by atoms with van der Waals surface area (Å²) in [7, 11) is 0. The number of nitrogens with one attached hydrogen (secondary N) is 1. The molecule has 0 spiro atoms. The molecule has 0 saturated carbocycles. The fourth-order valence-electron chi connectivity index (χ4n) is 2.58. The van der Waals surface area contributed by atoms with E-state index >= 15 is 0 Å². The lowest BCUT2D eigenvalue weighted by molar-refractivity contribution is 0.0941. The number of carbonyl (C=O) groups excluding carboxylic acids is 1. The van der Waals surface area contributed by atoms with Crippen LogP contribution < -0.4 is 5.32 Å². The number of amides is 1. The van der Waals surface area contributed by atoms with Gasteiger partial charge in [-0.25, -0.2) is 4.39 Å². The molecule has 0 unspecified atom stereocenters. The maximum atomic E-state index is 13.2. The summed E-state index contributed by atoms with van der Waals surface area (Å²) in [6.45, 7) is 2.96. The molecule has 0 bridgehead atoms. The van der Waals surface area contributed by atoms with E-state index in [1.807, 2.05) is 35.9 Å². The third-order valence-electron chi connectivity index (χ3n) is 3.83. The lowest BCUT2D eigenvalue weighted by Crippen LogP contribution is -2.25. The van der Waals surface area contributed by atoms with Gasteiger partial charge in [0.2, 0.25) is 0 Å². The quantitative estimate of drug-likeness (QED) is 0.779. The second-order valence-electron chi connectivity index (χ2n) is 5.45. The summed E-state index contributed by atoms with van der Waals surface area (Å²) < 4.78 is 15.1. The smallest absolute Gasteiger partial charge is 0.268 e. The molecular weight excluding hydrogens is 305 g/mol. The molecule has 0 aliphatic heterocycles. The molecule has 5 heteroatoms. The van der Waals surface area contributed by atoms with Crippen LogP contribution in [0.5, 0.6) is 0 Å². The molecule has 2 aromatic heterocycles. The number of rotatable bonds is 5. The Labute approximate surface area is 140 Å². The van der Waals surface area contributed by atoms with E-state index in [9.17, 15) is 9.18 Å². The van der Waals surface area contributed by atoms with Crippen LogP contribution in [-0.2, 0) is 13.1 Å². The van der Waals surface area contributed by atoms with Gasteiger partial charge in [0.1, 0.15) is 11.5 Å². The normalized spacial score (nSPS) is 10.6. The summed E-state index contributed by atoms with van der Waals surface area (Å²) >= 11 is 0. The van der Waals surface area contributed by atoms with E-state index in [4.69, 9.17) is 0 Å². The number of carbonyl (C=O) groups is 1. The van der Waals surface area contributed by atoms with Crippen molar-refractivity contribution in [2.24, 2.45) is 0 Å². The molecule has 0 saturated heterocycles. The fraction of sp³-hybridized carbons (Fsp3) is 0.158. The summed E-state index contributed by atoms with van der Waals surface area (Å²) in [6, 6.07) is 11.9. The van der Waals surface area contributed by atoms with Crippen LogP contribution in [0, 0.1) is 5.82 Å². The second kappa shape index (κ2) is 7.08. The van der Waals surface area contributed by atoms with Gasteiger partial charge in [-0.2, -0.15) is 0 Å². The van der Waals surface area contributed by atoms with Crippen molar-refractivity contribution in [3.8, 4) is 11.1 Å². The van der Waals surface area contributed by atoms with Crippen molar-refractivity contribution in [3.63, 3.8) is 0 Å². The highest BCUT2D eigenvalue weighted by molar-refractivity contribution is 5.94. The maximum absolute atomic E-state index is 13.2. The molecule has 24 heavy (non-hydrogen) atoms. The molecule has 1 N–H and O–H groups in total. The van der Waals surface area contributed by atoms with Gasteiger partial charge in [0.15, 0.2) is 0 Å². The summed E-state index contributed by atoms with van der Waals surface area (Å²) in [5.74, 6) is -0.486. The van der Waals surface area contributed by atoms with E-state index in [-0.39, 0.29) is 18.3 Å². The Kier molecular flexibility index (Phi) is 4.70. The first-order valence-electron chi connectivity index (χ1n) is 7.80. The van der Waals surface area contributed by atoms with E-state index in [1.165, 1.54) is 12.1 Å². The molecule has 4 nitrogen and oxygen atoms in total. The van der Waals surface area contributed by atoms with Crippen molar-refractivity contribution in [1.29, 1.82) is 0 Å². The Hall–Kier alpha value is -2.95. The van der Waals surface area contributed by atoms with E-state index in [0.717, 1.165) is 16.7 Å². The van der Waals surface area contributed by atoms with Gasteiger partial charge >= 0.3 is 0 Å². The minimum atomic E-state index is -0.307. The molecule has 2 heterocycles. The molecule has 3 rings (SSSR count). The number of pyridine rings is 1. The summed E-state index contributed by atoms with van der Waals surface area (Å²) in [5, 5.41) is 2.84. The Morgan fingerprint density at radius 3 is 2.67 bits per heavy atom. The minimum absolute atomic E-state index is 0.179. The van der Waals surface area contributed by atoms with Gasteiger partial charge in [-0.05, 0) is 48.4 Å². The van der Waals surface area contributed by atoms with Gasteiger partial charge in [0, 0.05) is 37.2 Å². The molecule has 0 aliphatic carbocycles. The average molecular weight is 323 g/mol. The van der Waals surface area contributed by atoms with Gasteiger partial charge in [0.05, 0.1) is 0 Å². The summed E-state index contributed by atoms with van der Waals surface area (Å²) in [6.07, 6.45) is 5.40. The number of hydrogen-bond donors (Lipinski definition) is 1. The monoisotopic (exact) mass is 323 g/mol. The van der Waals surface area contributed by atoms with Crippen LogP contribution in [0.3, 0.4) is 0 Å². The first-order chi connectivity index (χ1) is 11.7. The van der Waals surface area contributed by atoms with Crippen LogP contribution in [0.15, 0.2) is 61.1 Å². The van der Waals surface area contributed by atoms with Crippen molar-refractivity contribution >= 4 is 5.91 Å². The molecule has 0 atom stereocenters. The average Bonchev–Trinajstić information content (AvgIpc) is 3.05. The number of benzene rings is 1. The highest BCUT2D eigenvalue weighted by atomic mass is 19.1. The van der Waals surface area contributed by atoms with Crippen LogP contribution in [0.4, 0.5) is 4.39 Å². The van der Waals surface area contributed by atoms with E-state index in [1.54, 1.807) is 24.5 Å². The molecular formula is C19H18FN3O. The predicted octanol–water partition coefficient (Wildman–Crippen LogP) is 3.64. The van der Waals surface area contributed by atoms with Crippen LogP contribution in [0.2, 0.25) is 0 Å². The van der Waals surface area contributed by atoms with Gasteiger partial charge < -0.3 is 9.88 Å². The Bertz CT molecular complexity index is 843. The zero-order valence-electron chi connectivity index (χ0n) is 13.4. The van der Waals surface area contributed by atoms with Crippen LogP contribution in [0.1, 0.15) is 23.0 Å². The molecule has 1 aromatic carbocycles. The molecule has 0 radical (unpaired) electrons. The zero-order chi connectivity index (χ0) is 16.9.